The molecule has 8 heteroatoms. The van der Waals surface area contributed by atoms with Gasteiger partial charge in [-0.25, -0.2) is 17.8 Å². The van der Waals surface area contributed by atoms with E-state index in [4.69, 9.17) is 0 Å². The molecule has 0 radical (unpaired) electrons. The summed E-state index contributed by atoms with van der Waals surface area (Å²) in [5.74, 6) is 0. The van der Waals surface area contributed by atoms with Crippen molar-refractivity contribution in [3.8, 4) is 0 Å². The van der Waals surface area contributed by atoms with Crippen LogP contribution in [-0.4, -0.2) is 23.4 Å². The largest absolute Gasteiger partial charge is 0.260 e. The van der Waals surface area contributed by atoms with E-state index in [9.17, 15) is 8.42 Å². The van der Waals surface area contributed by atoms with Crippen molar-refractivity contribution in [2.45, 2.75) is 11.6 Å². The first kappa shape index (κ1) is 13.2. The topological polar surface area (TPSA) is 76.9 Å². The number of rotatable bonds is 4. The highest BCUT2D eigenvalue weighted by Gasteiger charge is 2.23. The predicted octanol–water partition coefficient (Wildman–Crippen LogP) is 1.06. The number of halogens is 1. The molecule has 0 amide bonds. The van der Waals surface area contributed by atoms with Crippen LogP contribution in [0.5, 0.6) is 0 Å². The van der Waals surface area contributed by atoms with Crippen LogP contribution in [0.4, 0.5) is 0 Å². The smallest absolute Gasteiger partial charge is 0.235 e. The van der Waals surface area contributed by atoms with E-state index in [0.717, 1.165) is 5.56 Å². The molecule has 0 fully saturated rings. The first-order chi connectivity index (χ1) is 8.50. The minimum atomic E-state index is -3.64. The van der Waals surface area contributed by atoms with E-state index in [2.05, 4.69) is 31.0 Å². The number of hydrogen-bond acceptors (Lipinski definition) is 4. The first-order valence-corrected chi connectivity index (χ1v) is 7.37. The van der Waals surface area contributed by atoms with E-state index >= 15 is 0 Å². The van der Waals surface area contributed by atoms with E-state index in [-0.39, 0.29) is 16.2 Å². The first-order valence-electron chi connectivity index (χ1n) is 5.09. The molecule has 0 aliphatic heterocycles. The molecule has 0 saturated carbocycles. The van der Waals surface area contributed by atoms with Gasteiger partial charge in [0.25, 0.3) is 10.0 Å². The van der Waals surface area contributed by atoms with Crippen LogP contribution in [0.2, 0.25) is 0 Å². The predicted molar refractivity (Wildman–Crippen MR) is 69.2 cm³/mol. The molecule has 2 aromatic rings. The SMILES string of the molecule is Cn1nnc(Br)c1S(=O)(=O)NCc1ccccc1. The van der Waals surface area contributed by atoms with E-state index in [0.29, 0.717) is 0 Å². The summed E-state index contributed by atoms with van der Waals surface area (Å²) in [7, 11) is -2.11. The van der Waals surface area contributed by atoms with Crippen molar-refractivity contribution in [3.05, 3.63) is 40.5 Å². The van der Waals surface area contributed by atoms with Crippen LogP contribution in [0.3, 0.4) is 0 Å². The molecule has 1 aromatic carbocycles. The lowest BCUT2D eigenvalue weighted by Gasteiger charge is -2.06. The van der Waals surface area contributed by atoms with Crippen molar-refractivity contribution in [2.75, 3.05) is 0 Å². The monoisotopic (exact) mass is 330 g/mol. The molecule has 0 atom stereocenters. The Hall–Kier alpha value is -1.25. The summed E-state index contributed by atoms with van der Waals surface area (Å²) in [4.78, 5) is 0. The van der Waals surface area contributed by atoms with Crippen LogP contribution in [-0.2, 0) is 23.6 Å². The summed E-state index contributed by atoms with van der Waals surface area (Å²) in [5, 5.41) is 7.30. The van der Waals surface area contributed by atoms with Gasteiger partial charge in [0.15, 0.2) is 4.60 Å². The lowest BCUT2D eigenvalue weighted by atomic mass is 10.2. The Labute approximate surface area is 113 Å². The molecule has 0 unspecified atom stereocenters. The molecule has 96 valence electrons. The molecule has 0 spiro atoms. The van der Waals surface area contributed by atoms with E-state index < -0.39 is 10.0 Å². The Balaban J connectivity index is 2.19. The fraction of sp³-hybridized carbons (Fsp3) is 0.200. The average molecular weight is 331 g/mol. The zero-order valence-corrected chi connectivity index (χ0v) is 11.9. The van der Waals surface area contributed by atoms with Gasteiger partial charge in [-0.1, -0.05) is 35.5 Å². The molecule has 18 heavy (non-hydrogen) atoms. The van der Waals surface area contributed by atoms with E-state index in [1.165, 1.54) is 11.7 Å². The quantitative estimate of drug-likeness (QED) is 0.909. The molecule has 0 bridgehead atoms. The van der Waals surface area contributed by atoms with Crippen LogP contribution in [0.1, 0.15) is 5.56 Å². The lowest BCUT2D eigenvalue weighted by molar-refractivity contribution is 0.560. The van der Waals surface area contributed by atoms with Crippen molar-refractivity contribution >= 4 is 26.0 Å². The number of nitrogens with one attached hydrogen (secondary N) is 1. The van der Waals surface area contributed by atoms with Gasteiger partial charge in [-0.15, -0.1) is 5.10 Å². The van der Waals surface area contributed by atoms with Crippen LogP contribution in [0, 0.1) is 0 Å². The van der Waals surface area contributed by atoms with Crippen molar-refractivity contribution in [1.82, 2.24) is 19.7 Å². The van der Waals surface area contributed by atoms with Gasteiger partial charge in [-0.3, -0.25) is 0 Å². The fourth-order valence-electron chi connectivity index (χ4n) is 1.45. The summed E-state index contributed by atoms with van der Waals surface area (Å²) in [6.07, 6.45) is 0. The number of aryl methyl sites for hydroxylation is 1. The molecule has 1 N–H and O–H groups in total. The maximum absolute atomic E-state index is 12.1. The third-order valence-electron chi connectivity index (χ3n) is 2.30. The van der Waals surface area contributed by atoms with Crippen LogP contribution in [0.25, 0.3) is 0 Å². The van der Waals surface area contributed by atoms with Crippen molar-refractivity contribution in [3.63, 3.8) is 0 Å². The Morgan fingerprint density at radius 2 is 2.00 bits per heavy atom. The second-order valence-electron chi connectivity index (χ2n) is 3.62. The van der Waals surface area contributed by atoms with Gasteiger partial charge in [0.05, 0.1) is 0 Å². The van der Waals surface area contributed by atoms with Gasteiger partial charge in [0, 0.05) is 13.6 Å². The Morgan fingerprint density at radius 1 is 1.33 bits per heavy atom. The molecular formula is C10H11BrN4O2S. The summed E-state index contributed by atoms with van der Waals surface area (Å²) in [6, 6.07) is 9.27. The molecule has 0 saturated heterocycles. The zero-order chi connectivity index (χ0) is 13.2. The molecule has 6 nitrogen and oxygen atoms in total. The summed E-state index contributed by atoms with van der Waals surface area (Å²) in [5.41, 5.74) is 0.882. The minimum absolute atomic E-state index is 0.0124. The molecule has 1 heterocycles. The van der Waals surface area contributed by atoms with Crippen molar-refractivity contribution in [2.24, 2.45) is 7.05 Å². The minimum Gasteiger partial charge on any atom is -0.235 e. The summed E-state index contributed by atoms with van der Waals surface area (Å²) >= 11 is 3.07. The fourth-order valence-corrected chi connectivity index (χ4v) is 3.56. The highest BCUT2D eigenvalue weighted by atomic mass is 79.9. The molecule has 1 aromatic heterocycles. The van der Waals surface area contributed by atoms with Gasteiger partial charge in [-0.2, -0.15) is 0 Å². The Bertz CT molecular complexity index is 620. The molecule has 0 aliphatic rings. The van der Waals surface area contributed by atoms with Gasteiger partial charge in [0.1, 0.15) is 0 Å². The van der Waals surface area contributed by atoms with Gasteiger partial charge in [-0.05, 0) is 21.5 Å². The van der Waals surface area contributed by atoms with Gasteiger partial charge >= 0.3 is 0 Å². The van der Waals surface area contributed by atoms with E-state index in [1.807, 2.05) is 30.3 Å². The average Bonchev–Trinajstić information content (AvgIpc) is 2.69. The third kappa shape index (κ3) is 2.77. The Morgan fingerprint density at radius 3 is 2.56 bits per heavy atom. The normalized spacial score (nSPS) is 11.7. The standard InChI is InChI=1S/C10H11BrN4O2S/c1-15-10(9(11)13-14-15)18(16,17)12-7-8-5-3-2-4-6-8/h2-6,12H,7H2,1H3. The molecule has 0 aliphatic carbocycles. The number of aromatic nitrogens is 3. The second kappa shape index (κ2) is 5.17. The second-order valence-corrected chi connectivity index (χ2v) is 6.05. The maximum atomic E-state index is 12.1. The number of nitrogens with zero attached hydrogens (tertiary/aromatic N) is 3. The summed E-state index contributed by atoms with van der Waals surface area (Å²) < 4.78 is 28.0. The van der Waals surface area contributed by atoms with Crippen LogP contribution in [0.15, 0.2) is 40.0 Å². The lowest BCUT2D eigenvalue weighted by Crippen LogP contribution is -2.25. The van der Waals surface area contributed by atoms with Gasteiger partial charge in [0.2, 0.25) is 5.03 Å². The van der Waals surface area contributed by atoms with Crippen LogP contribution >= 0.6 is 15.9 Å². The van der Waals surface area contributed by atoms with Gasteiger partial charge < -0.3 is 0 Å². The Kier molecular flexibility index (Phi) is 3.79. The van der Waals surface area contributed by atoms with Crippen molar-refractivity contribution in [1.29, 1.82) is 0 Å². The van der Waals surface area contributed by atoms with Crippen molar-refractivity contribution < 1.29 is 8.42 Å². The highest BCUT2D eigenvalue weighted by Crippen LogP contribution is 2.17. The summed E-state index contributed by atoms with van der Waals surface area (Å²) in [6.45, 7) is 0.223. The number of sulfonamides is 1. The zero-order valence-electron chi connectivity index (χ0n) is 9.54. The van der Waals surface area contributed by atoms with Crippen LogP contribution < -0.4 is 4.72 Å². The van der Waals surface area contributed by atoms with E-state index in [1.54, 1.807) is 0 Å². The third-order valence-corrected chi connectivity index (χ3v) is 4.59. The molecule has 2 rings (SSSR count). The maximum Gasteiger partial charge on any atom is 0.260 e. The number of benzene rings is 1. The number of hydrogen-bond donors (Lipinski definition) is 1. The highest BCUT2D eigenvalue weighted by molar-refractivity contribution is 9.10. The molecular weight excluding hydrogens is 320 g/mol.